The number of nitrogens with zero attached hydrogens (tertiary/aromatic N) is 1. The van der Waals surface area contributed by atoms with E-state index >= 15 is 0 Å². The van der Waals surface area contributed by atoms with Crippen molar-refractivity contribution in [3.05, 3.63) is 23.8 Å². The summed E-state index contributed by atoms with van der Waals surface area (Å²) < 4.78 is 26.7. The van der Waals surface area contributed by atoms with Crippen LogP contribution in [-0.2, 0) is 21.2 Å². The molecule has 0 saturated heterocycles. The van der Waals surface area contributed by atoms with Crippen LogP contribution < -0.4 is 9.62 Å². The van der Waals surface area contributed by atoms with Gasteiger partial charge < -0.3 is 4.90 Å². The van der Waals surface area contributed by atoms with E-state index in [1.807, 2.05) is 0 Å². The van der Waals surface area contributed by atoms with Crippen LogP contribution in [0.2, 0.25) is 0 Å². The van der Waals surface area contributed by atoms with Gasteiger partial charge in [0.05, 0.1) is 4.90 Å². The van der Waals surface area contributed by atoms with Crippen molar-refractivity contribution in [3.8, 4) is 0 Å². The van der Waals surface area contributed by atoms with Gasteiger partial charge in [0.25, 0.3) is 0 Å². The summed E-state index contributed by atoms with van der Waals surface area (Å²) in [5.41, 5.74) is 1.69. The Morgan fingerprint density at radius 1 is 1.45 bits per heavy atom. The number of carbonyl (C=O) groups excluding carboxylic acids is 1. The predicted molar refractivity (Wildman–Crippen MR) is 78.7 cm³/mol. The number of sulfonamides is 1. The van der Waals surface area contributed by atoms with E-state index in [1.54, 1.807) is 17.0 Å². The fraction of sp³-hybridized carbons (Fsp3) is 0.462. The third-order valence-corrected chi connectivity index (χ3v) is 4.97. The molecule has 1 aliphatic heterocycles. The maximum atomic E-state index is 12.1. The van der Waals surface area contributed by atoms with Gasteiger partial charge in [-0.1, -0.05) is 0 Å². The van der Waals surface area contributed by atoms with Crippen LogP contribution in [0.1, 0.15) is 18.9 Å². The summed E-state index contributed by atoms with van der Waals surface area (Å²) in [6, 6.07) is 4.87. The molecule has 0 radical (unpaired) electrons. The topological polar surface area (TPSA) is 66.5 Å². The number of rotatable bonds is 5. The number of halogens is 1. The average molecular weight is 317 g/mol. The molecule has 2 rings (SSSR count). The first-order chi connectivity index (χ1) is 9.45. The van der Waals surface area contributed by atoms with Gasteiger partial charge in [-0.25, -0.2) is 13.1 Å². The molecule has 1 N–H and O–H groups in total. The molecule has 0 atom stereocenters. The number of alkyl halides is 1. The first-order valence-electron chi connectivity index (χ1n) is 6.42. The standard InChI is InChI=1S/C13H17ClN2O3S/c1-10(17)16-8-5-11-9-12(3-4-13(11)16)20(18,19)15-7-2-6-14/h3-4,9,15H,2,5-8H2,1H3. The minimum absolute atomic E-state index is 0.0282. The number of hydrogen-bond donors (Lipinski definition) is 1. The molecule has 0 aromatic heterocycles. The lowest BCUT2D eigenvalue weighted by atomic mass is 10.2. The summed E-state index contributed by atoms with van der Waals surface area (Å²) in [6.07, 6.45) is 1.27. The Kier molecular flexibility index (Phi) is 4.67. The lowest BCUT2D eigenvalue weighted by Crippen LogP contribution is -2.26. The number of amides is 1. The fourth-order valence-corrected chi connectivity index (χ4v) is 3.49. The van der Waals surface area contributed by atoms with Gasteiger partial charge in [0, 0.05) is 31.6 Å². The molecule has 1 aliphatic rings. The number of benzene rings is 1. The molecular weight excluding hydrogens is 300 g/mol. The Morgan fingerprint density at radius 2 is 2.20 bits per heavy atom. The van der Waals surface area contributed by atoms with E-state index in [0.29, 0.717) is 31.8 Å². The van der Waals surface area contributed by atoms with Crippen molar-refractivity contribution in [2.24, 2.45) is 0 Å². The summed E-state index contributed by atoms with van der Waals surface area (Å²) in [5.74, 6) is 0.389. The summed E-state index contributed by atoms with van der Waals surface area (Å²) in [6.45, 7) is 2.43. The fourth-order valence-electron chi connectivity index (χ4n) is 2.23. The molecule has 5 nitrogen and oxygen atoms in total. The molecule has 20 heavy (non-hydrogen) atoms. The van der Waals surface area contributed by atoms with Gasteiger partial charge in [0.2, 0.25) is 15.9 Å². The van der Waals surface area contributed by atoms with Gasteiger partial charge in [-0.05, 0) is 36.6 Å². The lowest BCUT2D eigenvalue weighted by Gasteiger charge is -2.15. The van der Waals surface area contributed by atoms with Crippen molar-refractivity contribution in [3.63, 3.8) is 0 Å². The van der Waals surface area contributed by atoms with Crippen LogP contribution in [0, 0.1) is 0 Å². The predicted octanol–water partition coefficient (Wildman–Crippen LogP) is 1.50. The van der Waals surface area contributed by atoms with E-state index in [2.05, 4.69) is 4.72 Å². The molecule has 0 aliphatic carbocycles. The monoisotopic (exact) mass is 316 g/mol. The summed E-state index contributed by atoms with van der Waals surface area (Å²) in [4.78, 5) is 13.3. The van der Waals surface area contributed by atoms with Crippen molar-refractivity contribution in [2.45, 2.75) is 24.7 Å². The smallest absolute Gasteiger partial charge is 0.240 e. The minimum Gasteiger partial charge on any atom is -0.312 e. The molecule has 0 bridgehead atoms. The second-order valence-corrected chi connectivity index (χ2v) is 6.80. The van der Waals surface area contributed by atoms with E-state index in [1.165, 1.54) is 13.0 Å². The van der Waals surface area contributed by atoms with E-state index in [-0.39, 0.29) is 10.8 Å². The zero-order valence-corrected chi connectivity index (χ0v) is 12.8. The van der Waals surface area contributed by atoms with Gasteiger partial charge in [-0.3, -0.25) is 4.79 Å². The highest BCUT2D eigenvalue weighted by atomic mass is 35.5. The third-order valence-electron chi connectivity index (χ3n) is 3.24. The van der Waals surface area contributed by atoms with Gasteiger partial charge >= 0.3 is 0 Å². The van der Waals surface area contributed by atoms with Crippen molar-refractivity contribution >= 4 is 33.2 Å². The molecule has 0 spiro atoms. The lowest BCUT2D eigenvalue weighted by molar-refractivity contribution is -0.116. The van der Waals surface area contributed by atoms with Crippen LogP contribution in [0.15, 0.2) is 23.1 Å². The number of nitrogens with one attached hydrogen (secondary N) is 1. The van der Waals surface area contributed by atoms with E-state index in [4.69, 9.17) is 11.6 Å². The van der Waals surface area contributed by atoms with Crippen LogP contribution in [0.25, 0.3) is 0 Å². The van der Waals surface area contributed by atoms with Gasteiger partial charge in [0.15, 0.2) is 0 Å². The molecular formula is C13H17ClN2O3S. The van der Waals surface area contributed by atoms with Crippen LogP contribution in [0.3, 0.4) is 0 Å². The Morgan fingerprint density at radius 3 is 2.85 bits per heavy atom. The van der Waals surface area contributed by atoms with Crippen molar-refractivity contribution < 1.29 is 13.2 Å². The molecule has 110 valence electrons. The van der Waals surface area contributed by atoms with Crippen LogP contribution in [-0.4, -0.2) is 33.3 Å². The second-order valence-electron chi connectivity index (χ2n) is 4.65. The van der Waals surface area contributed by atoms with Gasteiger partial charge in [-0.2, -0.15) is 0 Å². The Hall–Kier alpha value is -1.11. The van der Waals surface area contributed by atoms with Crippen molar-refractivity contribution in [1.82, 2.24) is 4.72 Å². The molecule has 1 amide bonds. The number of anilines is 1. The van der Waals surface area contributed by atoms with Gasteiger partial charge in [0.1, 0.15) is 0 Å². The summed E-state index contributed by atoms with van der Waals surface area (Å²) in [7, 11) is -3.50. The number of carbonyl (C=O) groups is 1. The Labute approximate surface area is 124 Å². The molecule has 1 heterocycles. The Balaban J connectivity index is 2.22. The van der Waals surface area contributed by atoms with Crippen molar-refractivity contribution in [2.75, 3.05) is 23.9 Å². The third kappa shape index (κ3) is 3.13. The second kappa shape index (κ2) is 6.11. The first kappa shape index (κ1) is 15.3. The SMILES string of the molecule is CC(=O)N1CCc2cc(S(=O)(=O)NCCCCl)ccc21. The molecule has 0 saturated carbocycles. The largest absolute Gasteiger partial charge is 0.312 e. The Bertz CT molecular complexity index is 616. The minimum atomic E-state index is -3.50. The highest BCUT2D eigenvalue weighted by Gasteiger charge is 2.24. The molecule has 1 aromatic rings. The highest BCUT2D eigenvalue weighted by Crippen LogP contribution is 2.30. The normalized spacial score (nSPS) is 14.4. The van der Waals surface area contributed by atoms with E-state index in [9.17, 15) is 13.2 Å². The van der Waals surface area contributed by atoms with Crippen LogP contribution >= 0.6 is 11.6 Å². The maximum absolute atomic E-state index is 12.1. The first-order valence-corrected chi connectivity index (χ1v) is 8.44. The zero-order valence-electron chi connectivity index (χ0n) is 11.2. The van der Waals surface area contributed by atoms with E-state index < -0.39 is 10.0 Å². The van der Waals surface area contributed by atoms with Crippen molar-refractivity contribution in [1.29, 1.82) is 0 Å². The zero-order chi connectivity index (χ0) is 14.8. The maximum Gasteiger partial charge on any atom is 0.240 e. The molecule has 1 aromatic carbocycles. The molecule has 0 unspecified atom stereocenters. The summed E-state index contributed by atoms with van der Waals surface area (Å²) >= 11 is 5.53. The summed E-state index contributed by atoms with van der Waals surface area (Å²) in [5, 5.41) is 0. The van der Waals surface area contributed by atoms with E-state index in [0.717, 1.165) is 11.3 Å². The average Bonchev–Trinajstić information content (AvgIpc) is 2.81. The number of hydrogen-bond acceptors (Lipinski definition) is 3. The highest BCUT2D eigenvalue weighted by molar-refractivity contribution is 7.89. The number of fused-ring (bicyclic) bond motifs is 1. The molecule has 7 heteroatoms. The van der Waals surface area contributed by atoms with Crippen LogP contribution in [0.4, 0.5) is 5.69 Å². The molecule has 0 fully saturated rings. The quantitative estimate of drug-likeness (QED) is 0.661. The van der Waals surface area contributed by atoms with Gasteiger partial charge in [-0.15, -0.1) is 11.6 Å². The van der Waals surface area contributed by atoms with Crippen LogP contribution in [0.5, 0.6) is 0 Å².